The van der Waals surface area contributed by atoms with Gasteiger partial charge >= 0.3 is 0 Å². The molecule has 0 aliphatic carbocycles. The molecular weight excluding hydrogens is 373 g/mol. The zero-order valence-electron chi connectivity index (χ0n) is 15.8. The third-order valence-electron chi connectivity index (χ3n) is 4.52. The Hall–Kier alpha value is -3.81. The first-order valence-corrected chi connectivity index (χ1v) is 8.95. The van der Waals surface area contributed by atoms with E-state index in [1.807, 2.05) is 11.6 Å². The van der Waals surface area contributed by atoms with Gasteiger partial charge in [0.1, 0.15) is 17.7 Å². The number of imidazole rings is 1. The van der Waals surface area contributed by atoms with Crippen LogP contribution in [0.5, 0.6) is 0 Å². The van der Waals surface area contributed by atoms with Crippen LogP contribution in [0.1, 0.15) is 33.6 Å². The highest BCUT2D eigenvalue weighted by molar-refractivity contribution is 5.95. The van der Waals surface area contributed by atoms with Crippen molar-refractivity contribution < 1.29 is 13.7 Å². The number of hydrogen-bond acceptors (Lipinski definition) is 5. The summed E-state index contributed by atoms with van der Waals surface area (Å²) in [7, 11) is 1.84. The molecule has 0 aliphatic rings. The molecule has 4 aromatic rings. The van der Waals surface area contributed by atoms with Crippen LogP contribution in [0.4, 0.5) is 4.39 Å². The van der Waals surface area contributed by atoms with Crippen molar-refractivity contribution in [3.8, 4) is 11.5 Å². The number of carbonyl (C=O) groups excluding carboxylic acids is 1. The fourth-order valence-corrected chi connectivity index (χ4v) is 3.00. The first-order valence-electron chi connectivity index (χ1n) is 8.95. The highest BCUT2D eigenvalue weighted by Gasteiger charge is 2.21. The number of carbonyl (C=O) groups is 1. The molecule has 0 saturated heterocycles. The van der Waals surface area contributed by atoms with Crippen molar-refractivity contribution in [3.63, 3.8) is 0 Å². The van der Waals surface area contributed by atoms with Crippen LogP contribution in [0.25, 0.3) is 11.5 Å². The van der Waals surface area contributed by atoms with Crippen molar-refractivity contribution in [1.82, 2.24) is 25.0 Å². The van der Waals surface area contributed by atoms with Crippen molar-refractivity contribution >= 4 is 5.91 Å². The quantitative estimate of drug-likeness (QED) is 0.563. The Labute approximate surface area is 166 Å². The number of aromatic nitrogens is 4. The number of halogens is 1. The predicted molar refractivity (Wildman–Crippen MR) is 103 cm³/mol. The second-order valence-corrected chi connectivity index (χ2v) is 6.58. The van der Waals surface area contributed by atoms with E-state index in [0.717, 1.165) is 11.1 Å². The van der Waals surface area contributed by atoms with Gasteiger partial charge in [-0.05, 0) is 48.9 Å². The van der Waals surface area contributed by atoms with Crippen LogP contribution >= 0.6 is 0 Å². The van der Waals surface area contributed by atoms with Gasteiger partial charge in [-0.25, -0.2) is 9.37 Å². The maximum atomic E-state index is 13.4. The Bertz CT molecular complexity index is 1130. The lowest BCUT2D eigenvalue weighted by Crippen LogP contribution is -2.31. The summed E-state index contributed by atoms with van der Waals surface area (Å²) in [5, 5.41) is 6.74. The van der Waals surface area contributed by atoms with Crippen LogP contribution in [0.3, 0.4) is 0 Å². The highest BCUT2D eigenvalue weighted by atomic mass is 19.1. The molecule has 146 valence electrons. The molecule has 7 nitrogen and oxygen atoms in total. The van der Waals surface area contributed by atoms with Gasteiger partial charge in [-0.3, -0.25) is 4.79 Å². The molecule has 0 fully saturated rings. The number of rotatable bonds is 5. The molecule has 0 radical (unpaired) electrons. The van der Waals surface area contributed by atoms with Crippen molar-refractivity contribution in [3.05, 3.63) is 89.5 Å². The molecule has 2 heterocycles. The summed E-state index contributed by atoms with van der Waals surface area (Å²) in [4.78, 5) is 21.4. The standard InChI is InChI=1S/C21H18FN5O2/c1-13-24-21(29-26-13)16-5-3-15(4-6-16)20(28)25-18(19-23-11-12-27(19)2)14-7-9-17(22)10-8-14/h3-12,18H,1-2H3,(H,25,28). The van der Waals surface area contributed by atoms with Crippen LogP contribution in [0, 0.1) is 12.7 Å². The maximum absolute atomic E-state index is 13.4. The van der Waals surface area contributed by atoms with Gasteiger partial charge < -0.3 is 14.4 Å². The normalized spacial score (nSPS) is 12.0. The van der Waals surface area contributed by atoms with Gasteiger partial charge in [0, 0.05) is 30.6 Å². The molecule has 2 aromatic carbocycles. The third kappa shape index (κ3) is 3.91. The summed E-state index contributed by atoms with van der Waals surface area (Å²) >= 11 is 0. The van der Waals surface area contributed by atoms with Gasteiger partial charge in [0.2, 0.25) is 0 Å². The van der Waals surface area contributed by atoms with Crippen LogP contribution in [0.2, 0.25) is 0 Å². The van der Waals surface area contributed by atoms with Gasteiger partial charge in [-0.2, -0.15) is 4.98 Å². The summed E-state index contributed by atoms with van der Waals surface area (Å²) in [6.45, 7) is 1.74. The van der Waals surface area contributed by atoms with E-state index >= 15 is 0 Å². The molecule has 1 atom stereocenters. The molecule has 0 bridgehead atoms. The average molecular weight is 391 g/mol. The minimum atomic E-state index is -0.527. The van der Waals surface area contributed by atoms with Crippen molar-refractivity contribution in [1.29, 1.82) is 0 Å². The summed E-state index contributed by atoms with van der Waals surface area (Å²) in [5.74, 6) is 0.953. The number of amides is 1. The lowest BCUT2D eigenvalue weighted by atomic mass is 10.0. The summed E-state index contributed by atoms with van der Waals surface area (Å²) in [5.41, 5.74) is 1.92. The Balaban J connectivity index is 1.59. The third-order valence-corrected chi connectivity index (χ3v) is 4.52. The molecular formula is C21H18FN5O2. The Morgan fingerprint density at radius 1 is 1.14 bits per heavy atom. The SMILES string of the molecule is Cc1noc(-c2ccc(C(=O)NC(c3ccc(F)cc3)c3nccn3C)cc2)n1. The first-order chi connectivity index (χ1) is 14.0. The van der Waals surface area contributed by atoms with E-state index in [2.05, 4.69) is 20.4 Å². The largest absolute Gasteiger partial charge is 0.338 e. The fraction of sp³-hybridized carbons (Fsp3) is 0.143. The summed E-state index contributed by atoms with van der Waals surface area (Å²) in [6, 6.07) is 12.3. The maximum Gasteiger partial charge on any atom is 0.257 e. The second-order valence-electron chi connectivity index (χ2n) is 6.58. The van der Waals surface area contributed by atoms with E-state index < -0.39 is 6.04 Å². The lowest BCUT2D eigenvalue weighted by molar-refractivity contribution is 0.0941. The van der Waals surface area contributed by atoms with Crippen molar-refractivity contribution in [2.24, 2.45) is 7.05 Å². The molecule has 0 spiro atoms. The summed E-state index contributed by atoms with van der Waals surface area (Å²) in [6.07, 6.45) is 3.44. The van der Waals surface area contributed by atoms with Gasteiger partial charge in [0.05, 0.1) is 0 Å². The molecule has 4 rings (SSSR count). The van der Waals surface area contributed by atoms with Gasteiger partial charge in [-0.15, -0.1) is 0 Å². The monoisotopic (exact) mass is 391 g/mol. The zero-order chi connectivity index (χ0) is 20.4. The highest BCUT2D eigenvalue weighted by Crippen LogP contribution is 2.22. The predicted octanol–water partition coefficient (Wildman–Crippen LogP) is 3.44. The number of nitrogens with zero attached hydrogens (tertiary/aromatic N) is 4. The minimum absolute atomic E-state index is 0.282. The molecule has 29 heavy (non-hydrogen) atoms. The number of nitrogens with one attached hydrogen (secondary N) is 1. The van der Waals surface area contributed by atoms with E-state index in [0.29, 0.717) is 23.1 Å². The van der Waals surface area contributed by atoms with E-state index in [1.165, 1.54) is 12.1 Å². The molecule has 1 unspecified atom stereocenters. The van der Waals surface area contributed by atoms with E-state index in [1.54, 1.807) is 55.7 Å². The van der Waals surface area contributed by atoms with Gasteiger partial charge in [-0.1, -0.05) is 17.3 Å². The van der Waals surface area contributed by atoms with Crippen LogP contribution in [-0.4, -0.2) is 25.6 Å². The van der Waals surface area contributed by atoms with Crippen molar-refractivity contribution in [2.75, 3.05) is 0 Å². The Kier molecular flexibility index (Phi) is 4.90. The zero-order valence-corrected chi connectivity index (χ0v) is 15.8. The van der Waals surface area contributed by atoms with Crippen molar-refractivity contribution in [2.45, 2.75) is 13.0 Å². The molecule has 0 aliphatic heterocycles. The smallest absolute Gasteiger partial charge is 0.257 e. The number of benzene rings is 2. The minimum Gasteiger partial charge on any atom is -0.338 e. The summed E-state index contributed by atoms with van der Waals surface area (Å²) < 4.78 is 20.3. The topological polar surface area (TPSA) is 85.8 Å². The first kappa shape index (κ1) is 18.5. The van der Waals surface area contributed by atoms with E-state index in [4.69, 9.17) is 4.52 Å². The second kappa shape index (κ2) is 7.67. The van der Waals surface area contributed by atoms with Gasteiger partial charge in [0.15, 0.2) is 5.82 Å². The van der Waals surface area contributed by atoms with Crippen LogP contribution < -0.4 is 5.32 Å². The molecule has 2 aromatic heterocycles. The number of aryl methyl sites for hydroxylation is 2. The Morgan fingerprint density at radius 2 is 1.86 bits per heavy atom. The van der Waals surface area contributed by atoms with Crippen LogP contribution in [0.15, 0.2) is 65.4 Å². The fourth-order valence-electron chi connectivity index (χ4n) is 3.00. The average Bonchev–Trinajstić information content (AvgIpc) is 3.35. The molecule has 1 N–H and O–H groups in total. The molecule has 0 saturated carbocycles. The van der Waals surface area contributed by atoms with E-state index in [-0.39, 0.29) is 11.7 Å². The van der Waals surface area contributed by atoms with Crippen LogP contribution in [-0.2, 0) is 7.05 Å². The van der Waals surface area contributed by atoms with E-state index in [9.17, 15) is 9.18 Å². The molecule has 8 heteroatoms. The van der Waals surface area contributed by atoms with Gasteiger partial charge in [0.25, 0.3) is 11.8 Å². The Morgan fingerprint density at radius 3 is 2.45 bits per heavy atom. The lowest BCUT2D eigenvalue weighted by Gasteiger charge is -2.19. The molecule has 1 amide bonds. The number of hydrogen-bond donors (Lipinski definition) is 1.